The molecule has 1 aliphatic heterocycles. The summed E-state index contributed by atoms with van der Waals surface area (Å²) in [6.45, 7) is 5.93. The molecular weight excluding hydrogens is 254 g/mol. The van der Waals surface area contributed by atoms with Gasteiger partial charge in [-0.05, 0) is 18.6 Å². The van der Waals surface area contributed by atoms with Crippen molar-refractivity contribution in [1.82, 2.24) is 9.80 Å². The third-order valence-corrected chi connectivity index (χ3v) is 3.43. The van der Waals surface area contributed by atoms with Gasteiger partial charge in [0.15, 0.2) is 0 Å². The summed E-state index contributed by atoms with van der Waals surface area (Å²) < 4.78 is 5.00. The van der Waals surface area contributed by atoms with E-state index in [1.807, 2.05) is 31.2 Å². The molecule has 20 heavy (non-hydrogen) atoms. The minimum Gasteiger partial charge on any atom is -0.450 e. The third kappa shape index (κ3) is 3.49. The highest BCUT2D eigenvalue weighted by molar-refractivity contribution is 5.67. The van der Waals surface area contributed by atoms with Crippen LogP contribution in [0.25, 0.3) is 0 Å². The van der Waals surface area contributed by atoms with E-state index >= 15 is 0 Å². The number of piperazine rings is 1. The van der Waals surface area contributed by atoms with Gasteiger partial charge in [-0.15, -0.1) is 0 Å². The average Bonchev–Trinajstić information content (AvgIpc) is 2.49. The number of benzene rings is 1. The Hall–Kier alpha value is -2.06. The Balaban J connectivity index is 1.89. The molecule has 2 rings (SSSR count). The van der Waals surface area contributed by atoms with Crippen LogP contribution >= 0.6 is 0 Å². The zero-order chi connectivity index (χ0) is 14.4. The predicted molar refractivity (Wildman–Crippen MR) is 75.0 cm³/mol. The summed E-state index contributed by atoms with van der Waals surface area (Å²) in [5.74, 6) is 0. The fourth-order valence-electron chi connectivity index (χ4n) is 2.31. The predicted octanol–water partition coefficient (Wildman–Crippen LogP) is 1.83. The average molecular weight is 273 g/mol. The molecule has 5 heteroatoms. The molecule has 0 saturated carbocycles. The number of carbonyl (C=O) groups is 1. The van der Waals surface area contributed by atoms with Crippen LogP contribution in [0.2, 0.25) is 0 Å². The van der Waals surface area contributed by atoms with Gasteiger partial charge in [0, 0.05) is 32.7 Å². The number of ether oxygens (including phenoxy) is 1. The van der Waals surface area contributed by atoms with Crippen molar-refractivity contribution in [3.8, 4) is 6.07 Å². The molecule has 1 aromatic rings. The zero-order valence-electron chi connectivity index (χ0n) is 11.7. The molecule has 5 nitrogen and oxygen atoms in total. The van der Waals surface area contributed by atoms with Crippen molar-refractivity contribution < 1.29 is 9.53 Å². The van der Waals surface area contributed by atoms with Gasteiger partial charge >= 0.3 is 6.09 Å². The van der Waals surface area contributed by atoms with Crippen molar-refractivity contribution in [3.05, 3.63) is 35.4 Å². The highest BCUT2D eigenvalue weighted by atomic mass is 16.6. The molecule has 0 unspecified atom stereocenters. The van der Waals surface area contributed by atoms with Gasteiger partial charge in [0.05, 0.1) is 18.2 Å². The van der Waals surface area contributed by atoms with E-state index in [0.29, 0.717) is 19.7 Å². The van der Waals surface area contributed by atoms with Gasteiger partial charge in [-0.25, -0.2) is 4.79 Å². The molecule has 1 fully saturated rings. The number of nitrogens with zero attached hydrogens (tertiary/aromatic N) is 3. The van der Waals surface area contributed by atoms with E-state index in [-0.39, 0.29) is 6.09 Å². The van der Waals surface area contributed by atoms with E-state index in [4.69, 9.17) is 10.00 Å². The lowest BCUT2D eigenvalue weighted by Gasteiger charge is -2.34. The summed E-state index contributed by atoms with van der Waals surface area (Å²) in [6, 6.07) is 9.86. The number of nitriles is 1. The minimum absolute atomic E-state index is 0.232. The largest absolute Gasteiger partial charge is 0.450 e. The number of rotatable bonds is 3. The van der Waals surface area contributed by atoms with Gasteiger partial charge < -0.3 is 9.64 Å². The summed E-state index contributed by atoms with van der Waals surface area (Å²) in [7, 11) is 0. The summed E-state index contributed by atoms with van der Waals surface area (Å²) in [5.41, 5.74) is 1.76. The number of amides is 1. The number of hydrogen-bond acceptors (Lipinski definition) is 4. The van der Waals surface area contributed by atoms with E-state index in [9.17, 15) is 4.79 Å². The second-order valence-corrected chi connectivity index (χ2v) is 4.73. The standard InChI is InChI=1S/C15H19N3O2/c1-2-20-15(19)18-9-7-17(8-10-18)12-14-6-4-3-5-13(14)11-16/h3-6H,2,7-10,12H2,1H3. The highest BCUT2D eigenvalue weighted by Gasteiger charge is 2.22. The number of carbonyl (C=O) groups excluding carboxylic acids is 1. The van der Waals surface area contributed by atoms with Gasteiger partial charge in [0.2, 0.25) is 0 Å². The summed E-state index contributed by atoms with van der Waals surface area (Å²) >= 11 is 0. The lowest BCUT2D eigenvalue weighted by molar-refractivity contribution is 0.0778. The maximum atomic E-state index is 11.6. The number of hydrogen-bond donors (Lipinski definition) is 0. The summed E-state index contributed by atoms with van der Waals surface area (Å²) in [5, 5.41) is 9.08. The first-order chi connectivity index (χ1) is 9.74. The van der Waals surface area contributed by atoms with Crippen LogP contribution in [0.3, 0.4) is 0 Å². The molecule has 0 atom stereocenters. The molecule has 1 aliphatic rings. The van der Waals surface area contributed by atoms with E-state index in [2.05, 4.69) is 11.0 Å². The smallest absolute Gasteiger partial charge is 0.409 e. The lowest BCUT2D eigenvalue weighted by Crippen LogP contribution is -2.48. The van der Waals surface area contributed by atoms with Crippen LogP contribution in [0, 0.1) is 11.3 Å². The van der Waals surface area contributed by atoms with Crippen LogP contribution in [-0.4, -0.2) is 48.7 Å². The Morgan fingerprint density at radius 1 is 1.30 bits per heavy atom. The van der Waals surface area contributed by atoms with Gasteiger partial charge in [-0.1, -0.05) is 18.2 Å². The van der Waals surface area contributed by atoms with Gasteiger partial charge in [-0.2, -0.15) is 5.26 Å². The van der Waals surface area contributed by atoms with Gasteiger partial charge in [0.25, 0.3) is 0 Å². The van der Waals surface area contributed by atoms with E-state index in [0.717, 1.165) is 30.8 Å². The van der Waals surface area contributed by atoms with Crippen LogP contribution in [0.1, 0.15) is 18.1 Å². The van der Waals surface area contributed by atoms with Crippen molar-refractivity contribution in [2.75, 3.05) is 32.8 Å². The molecule has 1 amide bonds. The minimum atomic E-state index is -0.232. The first-order valence-electron chi connectivity index (χ1n) is 6.86. The fraction of sp³-hybridized carbons (Fsp3) is 0.467. The van der Waals surface area contributed by atoms with Crippen LogP contribution in [0.4, 0.5) is 4.79 Å². The monoisotopic (exact) mass is 273 g/mol. The molecule has 0 aromatic heterocycles. The van der Waals surface area contributed by atoms with Crippen molar-refractivity contribution in [3.63, 3.8) is 0 Å². The van der Waals surface area contributed by atoms with Crippen LogP contribution in [0.5, 0.6) is 0 Å². The Bertz CT molecular complexity index is 502. The van der Waals surface area contributed by atoms with Crippen LogP contribution in [-0.2, 0) is 11.3 Å². The van der Waals surface area contributed by atoms with Gasteiger partial charge in [0.1, 0.15) is 0 Å². The Kier molecular flexibility index (Phi) is 4.97. The maximum absolute atomic E-state index is 11.6. The molecule has 0 aliphatic carbocycles. The summed E-state index contributed by atoms with van der Waals surface area (Å²) in [6.07, 6.45) is -0.232. The third-order valence-electron chi connectivity index (χ3n) is 3.43. The molecule has 0 spiro atoms. The molecule has 0 N–H and O–H groups in total. The lowest BCUT2D eigenvalue weighted by atomic mass is 10.1. The zero-order valence-corrected chi connectivity index (χ0v) is 11.7. The Morgan fingerprint density at radius 3 is 2.65 bits per heavy atom. The van der Waals surface area contributed by atoms with E-state index < -0.39 is 0 Å². The summed E-state index contributed by atoms with van der Waals surface area (Å²) in [4.78, 5) is 15.6. The molecule has 1 saturated heterocycles. The molecule has 0 bridgehead atoms. The molecule has 1 heterocycles. The quantitative estimate of drug-likeness (QED) is 0.843. The first-order valence-corrected chi connectivity index (χ1v) is 6.86. The molecule has 106 valence electrons. The molecule has 0 radical (unpaired) electrons. The van der Waals surface area contributed by atoms with Crippen molar-refractivity contribution in [2.45, 2.75) is 13.5 Å². The van der Waals surface area contributed by atoms with Crippen LogP contribution in [0.15, 0.2) is 24.3 Å². The normalized spacial score (nSPS) is 15.7. The first kappa shape index (κ1) is 14.4. The SMILES string of the molecule is CCOC(=O)N1CCN(Cc2ccccc2C#N)CC1. The van der Waals surface area contributed by atoms with Crippen molar-refractivity contribution in [1.29, 1.82) is 5.26 Å². The van der Waals surface area contributed by atoms with Crippen molar-refractivity contribution >= 4 is 6.09 Å². The highest BCUT2D eigenvalue weighted by Crippen LogP contribution is 2.13. The van der Waals surface area contributed by atoms with Gasteiger partial charge in [-0.3, -0.25) is 4.90 Å². The van der Waals surface area contributed by atoms with Crippen molar-refractivity contribution in [2.24, 2.45) is 0 Å². The maximum Gasteiger partial charge on any atom is 0.409 e. The van der Waals surface area contributed by atoms with Crippen LogP contribution < -0.4 is 0 Å². The van der Waals surface area contributed by atoms with E-state index in [1.54, 1.807) is 4.90 Å². The second-order valence-electron chi connectivity index (χ2n) is 4.73. The Labute approximate surface area is 119 Å². The topological polar surface area (TPSA) is 56.6 Å². The second kappa shape index (κ2) is 6.92. The molecular formula is C15H19N3O2. The molecule has 1 aromatic carbocycles. The van der Waals surface area contributed by atoms with E-state index in [1.165, 1.54) is 0 Å². The fourth-order valence-corrected chi connectivity index (χ4v) is 2.31. The Morgan fingerprint density at radius 2 is 2.00 bits per heavy atom.